The largest absolute Gasteiger partial charge is 0.396 e. The molecule has 0 aromatic heterocycles. The molecule has 1 saturated carbocycles. The van der Waals surface area contributed by atoms with E-state index in [2.05, 4.69) is 27.7 Å². The smallest absolute Gasteiger partial charge is 0.0459 e. The molecule has 0 aromatic rings. The molecule has 78 valence electrons. The molecule has 1 fully saturated rings. The predicted octanol–water partition coefficient (Wildman–Crippen LogP) is 3.08. The van der Waals surface area contributed by atoms with E-state index in [9.17, 15) is 5.11 Å². The topological polar surface area (TPSA) is 20.2 Å². The van der Waals surface area contributed by atoms with Crippen molar-refractivity contribution in [2.45, 2.75) is 47.0 Å². The van der Waals surface area contributed by atoms with Gasteiger partial charge in [0, 0.05) is 6.61 Å². The Morgan fingerprint density at radius 2 is 1.77 bits per heavy atom. The molecule has 1 aliphatic carbocycles. The van der Waals surface area contributed by atoms with Crippen LogP contribution in [0, 0.1) is 23.2 Å². The Morgan fingerprint density at radius 3 is 2.23 bits per heavy atom. The third-order valence-electron chi connectivity index (χ3n) is 3.52. The van der Waals surface area contributed by atoms with E-state index in [0.29, 0.717) is 17.9 Å². The second-order valence-electron chi connectivity index (χ2n) is 5.92. The number of rotatable bonds is 1. The molecule has 0 amide bonds. The molecule has 0 unspecified atom stereocenters. The molecule has 0 spiro atoms. The molecular formula is C12H24O. The lowest BCUT2D eigenvalue weighted by molar-refractivity contribution is 0.0756. The van der Waals surface area contributed by atoms with Gasteiger partial charge in [-0.05, 0) is 42.4 Å². The fourth-order valence-electron chi connectivity index (χ4n) is 2.60. The molecule has 3 atom stereocenters. The van der Waals surface area contributed by atoms with Crippen LogP contribution < -0.4 is 0 Å². The fourth-order valence-corrected chi connectivity index (χ4v) is 2.60. The standard InChI is InChI=1S/C12H24O/c1-9-5-10(8-13)7-11(6-9)12(2,3)4/h9-11,13H,5-8H2,1-4H3/t9-,10+,11-/m0/s1. The maximum absolute atomic E-state index is 9.19. The quantitative estimate of drug-likeness (QED) is 0.664. The van der Waals surface area contributed by atoms with E-state index in [-0.39, 0.29) is 0 Å². The van der Waals surface area contributed by atoms with Gasteiger partial charge < -0.3 is 5.11 Å². The lowest BCUT2D eigenvalue weighted by atomic mass is 9.66. The first-order chi connectivity index (χ1) is 5.93. The van der Waals surface area contributed by atoms with E-state index >= 15 is 0 Å². The van der Waals surface area contributed by atoms with Crippen molar-refractivity contribution in [3.05, 3.63) is 0 Å². The molecule has 0 radical (unpaired) electrons. The summed E-state index contributed by atoms with van der Waals surface area (Å²) in [6.07, 6.45) is 3.80. The summed E-state index contributed by atoms with van der Waals surface area (Å²) in [4.78, 5) is 0. The summed E-state index contributed by atoms with van der Waals surface area (Å²) in [7, 11) is 0. The summed E-state index contributed by atoms with van der Waals surface area (Å²) < 4.78 is 0. The summed E-state index contributed by atoms with van der Waals surface area (Å²) in [5, 5.41) is 9.19. The van der Waals surface area contributed by atoms with Crippen LogP contribution in [0.5, 0.6) is 0 Å². The lowest BCUT2D eigenvalue weighted by Crippen LogP contribution is -2.31. The maximum atomic E-state index is 9.19. The minimum Gasteiger partial charge on any atom is -0.396 e. The molecular weight excluding hydrogens is 160 g/mol. The summed E-state index contributed by atoms with van der Waals surface area (Å²) in [5.41, 5.74) is 0.419. The van der Waals surface area contributed by atoms with Crippen molar-refractivity contribution in [2.75, 3.05) is 6.61 Å². The van der Waals surface area contributed by atoms with Crippen LogP contribution in [0.1, 0.15) is 47.0 Å². The average Bonchev–Trinajstić information content (AvgIpc) is 2.01. The molecule has 1 aliphatic rings. The van der Waals surface area contributed by atoms with Gasteiger partial charge in [0.15, 0.2) is 0 Å². The van der Waals surface area contributed by atoms with Crippen molar-refractivity contribution in [1.82, 2.24) is 0 Å². The Bertz CT molecular complexity index is 157. The molecule has 1 rings (SSSR count). The first kappa shape index (κ1) is 11.0. The summed E-state index contributed by atoms with van der Waals surface area (Å²) in [5.74, 6) is 2.16. The van der Waals surface area contributed by atoms with Crippen LogP contribution in [-0.4, -0.2) is 11.7 Å². The zero-order valence-electron chi connectivity index (χ0n) is 9.51. The number of hydrogen-bond acceptors (Lipinski definition) is 1. The highest BCUT2D eigenvalue weighted by Gasteiger charge is 2.33. The van der Waals surface area contributed by atoms with Crippen molar-refractivity contribution < 1.29 is 5.11 Å². The highest BCUT2D eigenvalue weighted by atomic mass is 16.3. The first-order valence-corrected chi connectivity index (χ1v) is 5.54. The highest BCUT2D eigenvalue weighted by Crippen LogP contribution is 2.42. The number of hydrogen-bond donors (Lipinski definition) is 1. The van der Waals surface area contributed by atoms with Gasteiger partial charge in [-0.1, -0.05) is 27.7 Å². The van der Waals surface area contributed by atoms with E-state index in [0.717, 1.165) is 11.8 Å². The molecule has 0 saturated heterocycles. The van der Waals surface area contributed by atoms with Gasteiger partial charge >= 0.3 is 0 Å². The fraction of sp³-hybridized carbons (Fsp3) is 1.00. The summed E-state index contributed by atoms with van der Waals surface area (Å²) >= 11 is 0. The maximum Gasteiger partial charge on any atom is 0.0459 e. The van der Waals surface area contributed by atoms with Crippen molar-refractivity contribution >= 4 is 0 Å². The van der Waals surface area contributed by atoms with E-state index in [4.69, 9.17) is 0 Å². The van der Waals surface area contributed by atoms with Gasteiger partial charge in [0.2, 0.25) is 0 Å². The van der Waals surface area contributed by atoms with Gasteiger partial charge in [-0.25, -0.2) is 0 Å². The third-order valence-corrected chi connectivity index (χ3v) is 3.52. The number of aliphatic hydroxyl groups is 1. The van der Waals surface area contributed by atoms with E-state index in [1.54, 1.807) is 0 Å². The van der Waals surface area contributed by atoms with E-state index < -0.39 is 0 Å². The van der Waals surface area contributed by atoms with Crippen molar-refractivity contribution in [3.63, 3.8) is 0 Å². The van der Waals surface area contributed by atoms with Crippen LogP contribution in [-0.2, 0) is 0 Å². The van der Waals surface area contributed by atoms with Gasteiger partial charge in [0.25, 0.3) is 0 Å². The van der Waals surface area contributed by atoms with Crippen LogP contribution in [0.4, 0.5) is 0 Å². The molecule has 0 aliphatic heterocycles. The van der Waals surface area contributed by atoms with Crippen molar-refractivity contribution in [3.8, 4) is 0 Å². The third kappa shape index (κ3) is 2.98. The Morgan fingerprint density at radius 1 is 1.15 bits per heavy atom. The zero-order chi connectivity index (χ0) is 10.1. The highest BCUT2D eigenvalue weighted by molar-refractivity contribution is 4.83. The second kappa shape index (κ2) is 4.00. The Hall–Kier alpha value is -0.0400. The van der Waals surface area contributed by atoms with Gasteiger partial charge in [-0.3, -0.25) is 0 Å². The van der Waals surface area contributed by atoms with Crippen LogP contribution in [0.15, 0.2) is 0 Å². The van der Waals surface area contributed by atoms with Crippen LogP contribution in [0.25, 0.3) is 0 Å². The molecule has 0 heterocycles. The average molecular weight is 184 g/mol. The molecule has 0 bridgehead atoms. The van der Waals surface area contributed by atoms with Gasteiger partial charge in [0.05, 0.1) is 0 Å². The molecule has 1 N–H and O–H groups in total. The normalized spacial score (nSPS) is 36.2. The molecule has 13 heavy (non-hydrogen) atoms. The zero-order valence-corrected chi connectivity index (χ0v) is 9.51. The van der Waals surface area contributed by atoms with Gasteiger partial charge in [0.1, 0.15) is 0 Å². The van der Waals surface area contributed by atoms with E-state index in [1.807, 2.05) is 0 Å². The minimum atomic E-state index is 0.386. The van der Waals surface area contributed by atoms with Gasteiger partial charge in [-0.15, -0.1) is 0 Å². The van der Waals surface area contributed by atoms with Crippen LogP contribution in [0.2, 0.25) is 0 Å². The van der Waals surface area contributed by atoms with Crippen molar-refractivity contribution in [1.29, 1.82) is 0 Å². The predicted molar refractivity (Wildman–Crippen MR) is 56.5 cm³/mol. The van der Waals surface area contributed by atoms with Crippen LogP contribution >= 0.6 is 0 Å². The van der Waals surface area contributed by atoms with E-state index in [1.165, 1.54) is 19.3 Å². The minimum absolute atomic E-state index is 0.386. The SMILES string of the molecule is C[C@H]1C[C@@H](CO)C[C@@H](C(C)(C)C)C1. The van der Waals surface area contributed by atoms with Gasteiger partial charge in [-0.2, -0.15) is 0 Å². The lowest BCUT2D eigenvalue weighted by Gasteiger charge is -2.40. The summed E-state index contributed by atoms with van der Waals surface area (Å²) in [6, 6.07) is 0. The Labute approximate surface area is 82.5 Å². The first-order valence-electron chi connectivity index (χ1n) is 5.54. The molecule has 1 heteroatoms. The monoisotopic (exact) mass is 184 g/mol. The summed E-state index contributed by atoms with van der Waals surface area (Å²) in [6.45, 7) is 9.68. The second-order valence-corrected chi connectivity index (χ2v) is 5.92. The number of aliphatic hydroxyl groups excluding tert-OH is 1. The Balaban J connectivity index is 2.57. The molecule has 1 nitrogen and oxygen atoms in total. The molecule has 0 aromatic carbocycles. The van der Waals surface area contributed by atoms with Crippen molar-refractivity contribution in [2.24, 2.45) is 23.2 Å². The van der Waals surface area contributed by atoms with Crippen LogP contribution in [0.3, 0.4) is 0 Å². The Kier molecular flexibility index (Phi) is 3.39.